The first-order valence-electron chi connectivity index (χ1n) is 9.13. The highest BCUT2D eigenvalue weighted by Crippen LogP contribution is 2.62. The Kier molecular flexibility index (Phi) is 4.84. The first-order chi connectivity index (χ1) is 10.3. The quantitative estimate of drug-likeness (QED) is 0.530. The molecule has 0 nitrogen and oxygen atoms in total. The van der Waals surface area contributed by atoms with Crippen LogP contribution in [0.3, 0.4) is 0 Å². The fraction of sp³-hybridized carbons (Fsp3) is 0.800. The van der Waals surface area contributed by atoms with Gasteiger partial charge in [0.1, 0.15) is 0 Å². The zero-order valence-electron chi connectivity index (χ0n) is 13.6. The van der Waals surface area contributed by atoms with E-state index >= 15 is 0 Å². The van der Waals surface area contributed by atoms with Gasteiger partial charge in [-0.15, -0.1) is 11.6 Å². The molecule has 3 aliphatic rings. The summed E-state index contributed by atoms with van der Waals surface area (Å²) in [6.45, 7) is 6.37. The average Bonchev–Trinajstić information content (AvgIpc) is 2.94. The second kappa shape index (κ2) is 6.49. The van der Waals surface area contributed by atoms with E-state index in [9.17, 15) is 0 Å². The van der Waals surface area contributed by atoms with Crippen LogP contribution in [0.1, 0.15) is 64.7 Å². The van der Waals surface area contributed by atoms with Gasteiger partial charge in [-0.05, 0) is 74.0 Å². The van der Waals surface area contributed by atoms with Crippen molar-refractivity contribution < 1.29 is 0 Å². The molecule has 3 aliphatic carbocycles. The second-order valence-electron chi connectivity index (χ2n) is 7.68. The van der Waals surface area contributed by atoms with Gasteiger partial charge in [-0.25, -0.2) is 0 Å². The van der Waals surface area contributed by atoms with Crippen LogP contribution in [0.4, 0.5) is 0 Å². The Morgan fingerprint density at radius 1 is 1.24 bits per heavy atom. The van der Waals surface area contributed by atoms with Crippen LogP contribution in [-0.2, 0) is 0 Å². The standard InChI is InChI=1S/C20H31Cl/c1-3-6-15-8-9-18-17(16(15)11-14-21)10-13-20(4-2)12-5-7-19(18)20/h3,6,16-19H,1,4-5,7-14H2,2H3/b15-6-. The van der Waals surface area contributed by atoms with Crippen molar-refractivity contribution in [3.8, 4) is 0 Å². The molecule has 3 saturated carbocycles. The van der Waals surface area contributed by atoms with Crippen molar-refractivity contribution in [2.75, 3.05) is 5.88 Å². The minimum absolute atomic E-state index is 0.715. The molecule has 0 amide bonds. The van der Waals surface area contributed by atoms with Crippen molar-refractivity contribution in [1.82, 2.24) is 0 Å². The molecule has 1 heteroatoms. The van der Waals surface area contributed by atoms with E-state index in [2.05, 4.69) is 19.6 Å². The minimum Gasteiger partial charge on any atom is -0.127 e. The first kappa shape index (κ1) is 15.7. The van der Waals surface area contributed by atoms with E-state index in [0.29, 0.717) is 5.41 Å². The Balaban J connectivity index is 1.85. The van der Waals surface area contributed by atoms with Crippen LogP contribution in [0.5, 0.6) is 0 Å². The lowest BCUT2D eigenvalue weighted by Crippen LogP contribution is -2.44. The Morgan fingerprint density at radius 2 is 2.10 bits per heavy atom. The van der Waals surface area contributed by atoms with Crippen molar-refractivity contribution in [1.29, 1.82) is 0 Å². The summed E-state index contributed by atoms with van der Waals surface area (Å²) in [4.78, 5) is 0. The summed E-state index contributed by atoms with van der Waals surface area (Å²) >= 11 is 6.14. The molecule has 5 atom stereocenters. The summed E-state index contributed by atoms with van der Waals surface area (Å²) in [5, 5.41) is 0. The van der Waals surface area contributed by atoms with E-state index in [-0.39, 0.29) is 0 Å². The molecule has 0 bridgehead atoms. The molecule has 21 heavy (non-hydrogen) atoms. The van der Waals surface area contributed by atoms with E-state index in [0.717, 1.165) is 29.6 Å². The Hall–Kier alpha value is -0.230. The monoisotopic (exact) mass is 306 g/mol. The van der Waals surface area contributed by atoms with E-state index < -0.39 is 0 Å². The van der Waals surface area contributed by atoms with Crippen LogP contribution in [0.15, 0.2) is 24.3 Å². The fourth-order valence-electron chi connectivity index (χ4n) is 6.31. The van der Waals surface area contributed by atoms with E-state index in [4.69, 9.17) is 11.6 Å². The predicted molar refractivity (Wildman–Crippen MR) is 92.6 cm³/mol. The second-order valence-corrected chi connectivity index (χ2v) is 8.06. The molecule has 3 fully saturated rings. The summed E-state index contributed by atoms with van der Waals surface area (Å²) in [5.41, 5.74) is 2.36. The number of rotatable bonds is 4. The van der Waals surface area contributed by atoms with Crippen LogP contribution in [0.25, 0.3) is 0 Å². The van der Waals surface area contributed by atoms with Gasteiger partial charge in [0, 0.05) is 5.88 Å². The summed E-state index contributed by atoms with van der Waals surface area (Å²) in [5.74, 6) is 4.47. The number of hydrogen-bond donors (Lipinski definition) is 0. The fourth-order valence-corrected chi connectivity index (χ4v) is 6.55. The molecular weight excluding hydrogens is 276 g/mol. The van der Waals surface area contributed by atoms with Crippen molar-refractivity contribution in [2.45, 2.75) is 64.7 Å². The number of hydrogen-bond acceptors (Lipinski definition) is 0. The molecule has 118 valence electrons. The third-order valence-electron chi connectivity index (χ3n) is 7.23. The predicted octanol–water partition coefficient (Wildman–Crippen LogP) is 6.36. The van der Waals surface area contributed by atoms with E-state index in [1.54, 1.807) is 5.57 Å². The van der Waals surface area contributed by atoms with Crippen LogP contribution in [-0.4, -0.2) is 5.88 Å². The summed E-state index contributed by atoms with van der Waals surface area (Å²) in [6.07, 6.45) is 17.0. The highest BCUT2D eigenvalue weighted by molar-refractivity contribution is 6.17. The molecule has 0 aromatic rings. The summed E-state index contributed by atoms with van der Waals surface area (Å²) < 4.78 is 0. The number of fused-ring (bicyclic) bond motifs is 3. The van der Waals surface area contributed by atoms with Crippen molar-refractivity contribution in [2.24, 2.45) is 29.1 Å². The lowest BCUT2D eigenvalue weighted by atomic mass is 9.52. The number of halogens is 1. The normalized spacial score (nSPS) is 44.4. The molecule has 5 unspecified atom stereocenters. The topological polar surface area (TPSA) is 0 Å². The lowest BCUT2D eigenvalue weighted by molar-refractivity contribution is -0.0113. The lowest BCUT2D eigenvalue weighted by Gasteiger charge is -2.53. The van der Waals surface area contributed by atoms with Gasteiger partial charge in [0.2, 0.25) is 0 Å². The molecule has 0 aromatic carbocycles. The van der Waals surface area contributed by atoms with Crippen LogP contribution >= 0.6 is 11.6 Å². The molecule has 0 radical (unpaired) electrons. The van der Waals surface area contributed by atoms with Crippen LogP contribution < -0.4 is 0 Å². The Bertz CT molecular complexity index is 410. The van der Waals surface area contributed by atoms with Gasteiger partial charge < -0.3 is 0 Å². The molecule has 0 heterocycles. The maximum atomic E-state index is 6.14. The van der Waals surface area contributed by atoms with Gasteiger partial charge in [-0.1, -0.05) is 44.1 Å². The van der Waals surface area contributed by atoms with Gasteiger partial charge in [-0.2, -0.15) is 0 Å². The molecule has 0 aliphatic heterocycles. The number of alkyl halides is 1. The number of allylic oxidation sites excluding steroid dienone is 3. The van der Waals surface area contributed by atoms with Gasteiger partial charge in [0.25, 0.3) is 0 Å². The van der Waals surface area contributed by atoms with Crippen molar-refractivity contribution in [3.63, 3.8) is 0 Å². The third-order valence-corrected chi connectivity index (χ3v) is 7.45. The molecule has 0 N–H and O–H groups in total. The smallest absolute Gasteiger partial charge is 0.0229 e. The van der Waals surface area contributed by atoms with Gasteiger partial charge in [0.15, 0.2) is 0 Å². The molecule has 3 rings (SSSR count). The summed E-state index contributed by atoms with van der Waals surface area (Å²) in [7, 11) is 0. The zero-order chi connectivity index (χ0) is 14.9. The molecule has 0 aromatic heterocycles. The molecule has 0 saturated heterocycles. The van der Waals surface area contributed by atoms with Gasteiger partial charge in [-0.3, -0.25) is 0 Å². The van der Waals surface area contributed by atoms with Crippen LogP contribution in [0.2, 0.25) is 0 Å². The minimum atomic E-state index is 0.715. The Labute approximate surface area is 136 Å². The Morgan fingerprint density at radius 3 is 2.81 bits per heavy atom. The molecule has 0 spiro atoms. The SMILES string of the molecule is C=C/C=C1/CCC2C(CCC3(CC)CCCC23)C1CCCl. The van der Waals surface area contributed by atoms with Gasteiger partial charge in [0.05, 0.1) is 0 Å². The van der Waals surface area contributed by atoms with Crippen molar-refractivity contribution in [3.05, 3.63) is 24.3 Å². The maximum absolute atomic E-state index is 6.14. The van der Waals surface area contributed by atoms with Crippen molar-refractivity contribution >= 4 is 11.6 Å². The highest BCUT2D eigenvalue weighted by atomic mass is 35.5. The maximum Gasteiger partial charge on any atom is 0.0229 e. The zero-order valence-corrected chi connectivity index (χ0v) is 14.4. The largest absolute Gasteiger partial charge is 0.127 e. The van der Waals surface area contributed by atoms with Gasteiger partial charge >= 0.3 is 0 Å². The average molecular weight is 307 g/mol. The molecular formula is C20H31Cl. The summed E-state index contributed by atoms with van der Waals surface area (Å²) in [6, 6.07) is 0. The van der Waals surface area contributed by atoms with Crippen LogP contribution in [0, 0.1) is 29.1 Å². The third kappa shape index (κ3) is 2.62. The highest BCUT2D eigenvalue weighted by Gasteiger charge is 2.52. The van der Waals surface area contributed by atoms with E-state index in [1.165, 1.54) is 57.8 Å². The first-order valence-corrected chi connectivity index (χ1v) is 9.66. The van der Waals surface area contributed by atoms with E-state index in [1.807, 2.05) is 6.08 Å².